The first-order valence-electron chi connectivity index (χ1n) is 12.2. The van der Waals surface area contributed by atoms with Crippen molar-refractivity contribution >= 4 is 23.4 Å². The number of likely N-dealkylation sites (tertiary alicyclic amines) is 1. The normalized spacial score (nSPS) is 23.8. The Bertz CT molecular complexity index is 980. The van der Waals surface area contributed by atoms with Crippen LogP contribution < -0.4 is 5.32 Å². The van der Waals surface area contributed by atoms with Crippen molar-refractivity contribution in [2.24, 2.45) is 0 Å². The van der Waals surface area contributed by atoms with Crippen molar-refractivity contribution in [3.8, 4) is 0 Å². The SMILES string of the molecule is O=C1[C@@H](Cc2ccccc2)NC(=O)C2(CCN(Cc3ccc(Cl)cc3)CC2)N1C1CCCC1. The van der Waals surface area contributed by atoms with Crippen LogP contribution in [0, 0.1) is 0 Å². The van der Waals surface area contributed by atoms with Crippen LogP contribution >= 0.6 is 11.6 Å². The summed E-state index contributed by atoms with van der Waals surface area (Å²) in [5, 5.41) is 3.88. The summed E-state index contributed by atoms with van der Waals surface area (Å²) in [6.07, 6.45) is 6.21. The summed E-state index contributed by atoms with van der Waals surface area (Å²) < 4.78 is 0. The van der Waals surface area contributed by atoms with Crippen LogP contribution in [0.2, 0.25) is 5.02 Å². The fraction of sp³-hybridized carbons (Fsp3) is 0.481. The number of nitrogens with one attached hydrogen (secondary N) is 1. The van der Waals surface area contributed by atoms with E-state index in [9.17, 15) is 9.59 Å². The molecule has 1 saturated carbocycles. The molecule has 0 unspecified atom stereocenters. The van der Waals surface area contributed by atoms with Crippen LogP contribution in [0.25, 0.3) is 0 Å². The number of piperazine rings is 1. The highest BCUT2D eigenvalue weighted by molar-refractivity contribution is 6.30. The van der Waals surface area contributed by atoms with Gasteiger partial charge < -0.3 is 10.2 Å². The minimum atomic E-state index is -0.713. The number of rotatable bonds is 5. The van der Waals surface area contributed by atoms with E-state index in [-0.39, 0.29) is 17.9 Å². The summed E-state index contributed by atoms with van der Waals surface area (Å²) in [4.78, 5) is 31.9. The van der Waals surface area contributed by atoms with Crippen LogP contribution in [0.5, 0.6) is 0 Å². The number of piperidine rings is 1. The average molecular weight is 466 g/mol. The van der Waals surface area contributed by atoms with E-state index in [0.717, 1.165) is 55.9 Å². The first-order valence-corrected chi connectivity index (χ1v) is 12.6. The number of carbonyl (C=O) groups is 2. The maximum Gasteiger partial charge on any atom is 0.246 e. The van der Waals surface area contributed by atoms with Gasteiger partial charge >= 0.3 is 0 Å². The molecule has 2 aromatic carbocycles. The molecule has 1 atom stereocenters. The zero-order chi connectivity index (χ0) is 22.8. The third-order valence-electron chi connectivity index (χ3n) is 7.70. The molecule has 3 aliphatic rings. The summed E-state index contributed by atoms with van der Waals surface area (Å²) in [6.45, 7) is 2.44. The van der Waals surface area contributed by atoms with Gasteiger partial charge in [-0.2, -0.15) is 0 Å². The number of hydrogen-bond donors (Lipinski definition) is 1. The van der Waals surface area contributed by atoms with E-state index < -0.39 is 11.6 Å². The Hall–Kier alpha value is -2.37. The molecule has 33 heavy (non-hydrogen) atoms. The van der Waals surface area contributed by atoms with Crippen molar-refractivity contribution in [3.05, 3.63) is 70.7 Å². The quantitative estimate of drug-likeness (QED) is 0.720. The highest BCUT2D eigenvalue weighted by Crippen LogP contribution is 2.39. The predicted octanol–water partition coefficient (Wildman–Crippen LogP) is 4.19. The van der Waals surface area contributed by atoms with Crippen molar-refractivity contribution in [1.82, 2.24) is 15.1 Å². The van der Waals surface area contributed by atoms with Crippen LogP contribution in [0.1, 0.15) is 49.7 Å². The number of carbonyl (C=O) groups excluding carboxylic acids is 2. The molecule has 0 aromatic heterocycles. The fourth-order valence-electron chi connectivity index (χ4n) is 5.92. The van der Waals surface area contributed by atoms with Crippen molar-refractivity contribution in [2.75, 3.05) is 13.1 Å². The van der Waals surface area contributed by atoms with Gasteiger partial charge in [0.2, 0.25) is 11.8 Å². The molecule has 2 saturated heterocycles. The lowest BCUT2D eigenvalue weighted by atomic mass is 9.79. The third kappa shape index (κ3) is 4.53. The van der Waals surface area contributed by atoms with Gasteiger partial charge in [-0.25, -0.2) is 0 Å². The molecule has 0 bridgehead atoms. The standard InChI is InChI=1S/C27H32ClN3O2/c28-22-12-10-21(11-13-22)19-30-16-14-27(15-17-30)26(33)29-24(18-20-6-2-1-3-7-20)25(32)31(27)23-8-4-5-9-23/h1-3,6-7,10-13,23-24H,4-5,8-9,14-19H2,(H,29,33)/t24-/m1/s1. The summed E-state index contributed by atoms with van der Waals surface area (Å²) in [5.74, 6) is 0.151. The maximum absolute atomic E-state index is 13.8. The predicted molar refractivity (Wildman–Crippen MR) is 130 cm³/mol. The van der Waals surface area contributed by atoms with Gasteiger partial charge in [-0.1, -0.05) is 66.9 Å². The fourth-order valence-corrected chi connectivity index (χ4v) is 6.05. The van der Waals surface area contributed by atoms with Gasteiger partial charge in [0.05, 0.1) is 0 Å². The Kier molecular flexibility index (Phi) is 6.44. The average Bonchev–Trinajstić information content (AvgIpc) is 3.35. The molecule has 1 spiro atoms. The van der Waals surface area contributed by atoms with Crippen LogP contribution in [-0.4, -0.2) is 52.3 Å². The largest absolute Gasteiger partial charge is 0.342 e. The molecular formula is C27H32ClN3O2. The van der Waals surface area contributed by atoms with E-state index in [2.05, 4.69) is 22.3 Å². The number of benzene rings is 2. The summed E-state index contributed by atoms with van der Waals surface area (Å²) in [6, 6.07) is 17.7. The van der Waals surface area contributed by atoms with Gasteiger partial charge in [-0.15, -0.1) is 0 Å². The molecule has 2 heterocycles. The Labute approximate surface area is 201 Å². The van der Waals surface area contributed by atoms with E-state index in [1.807, 2.05) is 47.4 Å². The molecule has 2 amide bonds. The Morgan fingerprint density at radius 3 is 2.24 bits per heavy atom. The number of amides is 2. The van der Waals surface area contributed by atoms with Gasteiger partial charge in [-0.3, -0.25) is 14.5 Å². The van der Waals surface area contributed by atoms with Crippen molar-refractivity contribution in [2.45, 2.75) is 69.1 Å². The first-order chi connectivity index (χ1) is 16.0. The lowest BCUT2D eigenvalue weighted by Gasteiger charge is -2.54. The molecule has 0 radical (unpaired) electrons. The van der Waals surface area contributed by atoms with Gasteiger partial charge in [0.15, 0.2) is 0 Å². The molecule has 174 valence electrons. The van der Waals surface area contributed by atoms with Gasteiger partial charge in [0.25, 0.3) is 0 Å². The van der Waals surface area contributed by atoms with E-state index in [1.165, 1.54) is 5.56 Å². The van der Waals surface area contributed by atoms with Crippen molar-refractivity contribution in [3.63, 3.8) is 0 Å². The lowest BCUT2D eigenvalue weighted by Crippen LogP contribution is -2.74. The summed E-state index contributed by atoms with van der Waals surface area (Å²) >= 11 is 6.03. The minimum absolute atomic E-state index is 0.0427. The summed E-state index contributed by atoms with van der Waals surface area (Å²) in [5.41, 5.74) is 1.59. The van der Waals surface area contributed by atoms with Gasteiger partial charge in [-0.05, 0) is 48.9 Å². The molecule has 1 aliphatic carbocycles. The van der Waals surface area contributed by atoms with Crippen molar-refractivity contribution < 1.29 is 9.59 Å². The number of halogens is 1. The highest BCUT2D eigenvalue weighted by Gasteiger charge is 2.55. The van der Waals surface area contributed by atoms with E-state index in [0.29, 0.717) is 19.3 Å². The topological polar surface area (TPSA) is 52.7 Å². The second-order valence-corrected chi connectivity index (χ2v) is 10.2. The van der Waals surface area contributed by atoms with Gasteiger partial charge in [0, 0.05) is 37.1 Å². The Morgan fingerprint density at radius 1 is 0.909 bits per heavy atom. The maximum atomic E-state index is 13.8. The highest BCUT2D eigenvalue weighted by atomic mass is 35.5. The second kappa shape index (κ2) is 9.47. The molecule has 5 rings (SSSR count). The van der Waals surface area contributed by atoms with Gasteiger partial charge in [0.1, 0.15) is 11.6 Å². The van der Waals surface area contributed by atoms with Crippen LogP contribution in [0.15, 0.2) is 54.6 Å². The van der Waals surface area contributed by atoms with Crippen LogP contribution in [-0.2, 0) is 22.6 Å². The Morgan fingerprint density at radius 2 is 1.58 bits per heavy atom. The molecule has 5 nitrogen and oxygen atoms in total. The Balaban J connectivity index is 1.34. The zero-order valence-electron chi connectivity index (χ0n) is 19.0. The molecule has 3 fully saturated rings. The first kappa shape index (κ1) is 22.4. The van der Waals surface area contributed by atoms with Crippen LogP contribution in [0.4, 0.5) is 0 Å². The zero-order valence-corrected chi connectivity index (χ0v) is 19.8. The number of nitrogens with zero attached hydrogens (tertiary/aromatic N) is 2. The van der Waals surface area contributed by atoms with Crippen LogP contribution in [0.3, 0.4) is 0 Å². The number of hydrogen-bond acceptors (Lipinski definition) is 3. The van der Waals surface area contributed by atoms with Crippen molar-refractivity contribution in [1.29, 1.82) is 0 Å². The summed E-state index contributed by atoms with van der Waals surface area (Å²) in [7, 11) is 0. The molecular weight excluding hydrogens is 434 g/mol. The monoisotopic (exact) mass is 465 g/mol. The molecule has 2 aromatic rings. The smallest absolute Gasteiger partial charge is 0.246 e. The third-order valence-corrected chi connectivity index (χ3v) is 7.95. The molecule has 1 N–H and O–H groups in total. The van der Waals surface area contributed by atoms with E-state index >= 15 is 0 Å². The molecule has 6 heteroatoms. The second-order valence-electron chi connectivity index (χ2n) is 9.80. The lowest BCUT2D eigenvalue weighted by molar-refractivity contribution is -0.165. The minimum Gasteiger partial charge on any atom is -0.342 e. The van der Waals surface area contributed by atoms with E-state index in [1.54, 1.807) is 0 Å². The van der Waals surface area contributed by atoms with E-state index in [4.69, 9.17) is 11.6 Å². The molecule has 2 aliphatic heterocycles.